The number of rotatable bonds is 8. The molecule has 100 valence electrons. The van der Waals surface area contributed by atoms with E-state index in [0.717, 1.165) is 12.8 Å². The Kier molecular flexibility index (Phi) is 10.4. The van der Waals surface area contributed by atoms with Gasteiger partial charge in [0.1, 0.15) is 0 Å². The van der Waals surface area contributed by atoms with Crippen molar-refractivity contribution in [1.29, 1.82) is 0 Å². The van der Waals surface area contributed by atoms with Crippen molar-refractivity contribution in [2.24, 2.45) is 0 Å². The first kappa shape index (κ1) is 15.7. The van der Waals surface area contributed by atoms with Gasteiger partial charge in [-0.15, -0.1) is 5.48 Å². The summed E-state index contributed by atoms with van der Waals surface area (Å²) >= 11 is 0. The summed E-state index contributed by atoms with van der Waals surface area (Å²) < 4.78 is 4.79. The summed E-state index contributed by atoms with van der Waals surface area (Å²) in [6.07, 6.45) is 7.43. The molecule has 0 aliphatic rings. The monoisotopic (exact) mass is 245 g/mol. The van der Waals surface area contributed by atoms with E-state index in [2.05, 4.69) is 11.8 Å². The number of hydrogen-bond acceptors (Lipinski definition) is 4. The lowest BCUT2D eigenvalue weighted by atomic mass is 10.1. The molecular weight excluding hydrogens is 222 g/mol. The fourth-order valence-electron chi connectivity index (χ4n) is 1.37. The second kappa shape index (κ2) is 11.2. The van der Waals surface area contributed by atoms with E-state index in [1.54, 1.807) is 0 Å². The summed E-state index contributed by atoms with van der Waals surface area (Å²) in [5, 5.41) is 0. The predicted molar refractivity (Wildman–Crippen MR) is 64.2 cm³/mol. The predicted octanol–water partition coefficient (Wildman–Crippen LogP) is 2.94. The Hall–Kier alpha value is -1.26. The second-order valence-corrected chi connectivity index (χ2v) is 3.95. The Bertz CT molecular complexity index is 219. The SMILES string of the molecule is CCCCCCCCCOC(=O)NOC(C)=O. The van der Waals surface area contributed by atoms with Gasteiger partial charge >= 0.3 is 12.1 Å². The van der Waals surface area contributed by atoms with Crippen LogP contribution in [0.4, 0.5) is 4.79 Å². The van der Waals surface area contributed by atoms with Gasteiger partial charge in [0.05, 0.1) is 6.61 Å². The Labute approximate surface area is 103 Å². The van der Waals surface area contributed by atoms with Crippen LogP contribution in [0.3, 0.4) is 0 Å². The van der Waals surface area contributed by atoms with Crippen LogP contribution in [0.5, 0.6) is 0 Å². The maximum atomic E-state index is 10.9. The van der Waals surface area contributed by atoms with Crippen LogP contribution >= 0.6 is 0 Å². The summed E-state index contributed by atoms with van der Waals surface area (Å²) in [4.78, 5) is 25.5. The third-order valence-electron chi connectivity index (χ3n) is 2.26. The molecule has 0 radical (unpaired) electrons. The molecule has 0 fully saturated rings. The van der Waals surface area contributed by atoms with Crippen LogP contribution < -0.4 is 5.48 Å². The molecule has 0 aromatic carbocycles. The van der Waals surface area contributed by atoms with E-state index in [1.165, 1.54) is 39.0 Å². The molecule has 1 N–H and O–H groups in total. The quantitative estimate of drug-likeness (QED) is 0.527. The number of carbonyl (C=O) groups is 2. The molecule has 0 aromatic rings. The van der Waals surface area contributed by atoms with E-state index in [0.29, 0.717) is 6.61 Å². The van der Waals surface area contributed by atoms with Crippen LogP contribution in [0.15, 0.2) is 0 Å². The van der Waals surface area contributed by atoms with E-state index in [9.17, 15) is 9.59 Å². The van der Waals surface area contributed by atoms with E-state index in [1.807, 2.05) is 5.48 Å². The van der Waals surface area contributed by atoms with E-state index < -0.39 is 12.1 Å². The molecule has 0 aliphatic carbocycles. The van der Waals surface area contributed by atoms with Gasteiger partial charge in [0.15, 0.2) is 0 Å². The van der Waals surface area contributed by atoms with Crippen molar-refractivity contribution in [2.45, 2.75) is 58.8 Å². The lowest BCUT2D eigenvalue weighted by molar-refractivity contribution is -0.147. The van der Waals surface area contributed by atoms with Crippen molar-refractivity contribution in [3.63, 3.8) is 0 Å². The van der Waals surface area contributed by atoms with Crippen molar-refractivity contribution < 1.29 is 19.2 Å². The Morgan fingerprint density at radius 2 is 1.59 bits per heavy atom. The van der Waals surface area contributed by atoms with Gasteiger partial charge in [0.25, 0.3) is 0 Å². The van der Waals surface area contributed by atoms with Gasteiger partial charge in [-0.2, -0.15) is 0 Å². The first-order chi connectivity index (χ1) is 8.16. The lowest BCUT2D eigenvalue weighted by Crippen LogP contribution is -2.26. The highest BCUT2D eigenvalue weighted by Crippen LogP contribution is 2.06. The van der Waals surface area contributed by atoms with E-state index >= 15 is 0 Å². The average molecular weight is 245 g/mol. The van der Waals surface area contributed by atoms with Gasteiger partial charge in [-0.3, -0.25) is 4.79 Å². The summed E-state index contributed by atoms with van der Waals surface area (Å²) in [5.74, 6) is -0.571. The van der Waals surface area contributed by atoms with Gasteiger partial charge in [-0.25, -0.2) is 4.79 Å². The Morgan fingerprint density at radius 1 is 1.00 bits per heavy atom. The Balaban J connectivity index is 3.16. The van der Waals surface area contributed by atoms with Crippen LogP contribution in [0, 0.1) is 0 Å². The third-order valence-corrected chi connectivity index (χ3v) is 2.26. The molecule has 0 saturated carbocycles. The summed E-state index contributed by atoms with van der Waals surface area (Å²) in [6.45, 7) is 3.76. The number of unbranched alkanes of at least 4 members (excludes halogenated alkanes) is 6. The van der Waals surface area contributed by atoms with Gasteiger partial charge < -0.3 is 9.57 Å². The first-order valence-electron chi connectivity index (χ1n) is 6.27. The molecule has 5 heteroatoms. The topological polar surface area (TPSA) is 64.6 Å². The Morgan fingerprint density at radius 3 is 2.18 bits per heavy atom. The van der Waals surface area contributed by atoms with Crippen molar-refractivity contribution in [3.05, 3.63) is 0 Å². The van der Waals surface area contributed by atoms with Crippen LogP contribution in [-0.2, 0) is 14.4 Å². The van der Waals surface area contributed by atoms with Crippen molar-refractivity contribution in [1.82, 2.24) is 5.48 Å². The molecule has 5 nitrogen and oxygen atoms in total. The van der Waals surface area contributed by atoms with E-state index in [-0.39, 0.29) is 0 Å². The molecule has 0 spiro atoms. The average Bonchev–Trinajstić information content (AvgIpc) is 2.30. The molecule has 0 heterocycles. The third kappa shape index (κ3) is 12.7. The molecule has 0 saturated heterocycles. The zero-order chi connectivity index (χ0) is 12.9. The fraction of sp³-hybridized carbons (Fsp3) is 0.833. The first-order valence-corrected chi connectivity index (χ1v) is 6.27. The number of amides is 1. The van der Waals surface area contributed by atoms with Gasteiger partial charge in [0, 0.05) is 6.92 Å². The van der Waals surface area contributed by atoms with Crippen LogP contribution in [0.2, 0.25) is 0 Å². The highest BCUT2D eigenvalue weighted by atomic mass is 16.7. The molecular formula is C12H23NO4. The molecule has 0 aromatic heterocycles. The molecule has 0 unspecified atom stereocenters. The zero-order valence-corrected chi connectivity index (χ0v) is 10.8. The smallest absolute Gasteiger partial charge is 0.440 e. The minimum atomic E-state index is -0.716. The summed E-state index contributed by atoms with van der Waals surface area (Å²) in [6, 6.07) is 0. The van der Waals surface area contributed by atoms with Crippen LogP contribution in [0.25, 0.3) is 0 Å². The second-order valence-electron chi connectivity index (χ2n) is 3.95. The maximum Gasteiger partial charge on any atom is 0.440 e. The van der Waals surface area contributed by atoms with Crippen molar-refractivity contribution >= 4 is 12.1 Å². The van der Waals surface area contributed by atoms with Crippen LogP contribution in [0.1, 0.15) is 58.8 Å². The fourth-order valence-corrected chi connectivity index (χ4v) is 1.37. The van der Waals surface area contributed by atoms with Gasteiger partial charge in [-0.1, -0.05) is 45.4 Å². The van der Waals surface area contributed by atoms with Gasteiger partial charge in [0.2, 0.25) is 0 Å². The highest BCUT2D eigenvalue weighted by molar-refractivity contribution is 5.71. The number of ether oxygens (including phenoxy) is 1. The standard InChI is InChI=1S/C12H23NO4/c1-3-4-5-6-7-8-9-10-16-12(15)13-17-11(2)14/h3-10H2,1-2H3,(H,13,15). The summed E-state index contributed by atoms with van der Waals surface area (Å²) in [7, 11) is 0. The van der Waals surface area contributed by atoms with Crippen LogP contribution in [-0.4, -0.2) is 18.7 Å². The largest absolute Gasteiger partial charge is 0.447 e. The number of carbonyl (C=O) groups excluding carboxylic acids is 2. The molecule has 17 heavy (non-hydrogen) atoms. The zero-order valence-electron chi connectivity index (χ0n) is 10.8. The highest BCUT2D eigenvalue weighted by Gasteiger charge is 2.02. The molecule has 0 atom stereocenters. The molecule has 0 bridgehead atoms. The number of nitrogens with one attached hydrogen (secondary N) is 1. The summed E-state index contributed by atoms with van der Waals surface area (Å²) in [5.41, 5.74) is 1.89. The maximum absolute atomic E-state index is 10.9. The van der Waals surface area contributed by atoms with Crippen molar-refractivity contribution in [2.75, 3.05) is 6.61 Å². The molecule has 1 amide bonds. The normalized spacial score (nSPS) is 9.76. The minimum Gasteiger partial charge on any atom is -0.447 e. The lowest BCUT2D eigenvalue weighted by Gasteiger charge is -2.05. The number of hydroxylamine groups is 1. The molecule has 0 aliphatic heterocycles. The van der Waals surface area contributed by atoms with Gasteiger partial charge in [-0.05, 0) is 6.42 Å². The minimum absolute atomic E-state index is 0.362. The van der Waals surface area contributed by atoms with E-state index in [4.69, 9.17) is 4.74 Å². The molecule has 0 rings (SSSR count). The number of hydrogen-bond donors (Lipinski definition) is 1. The van der Waals surface area contributed by atoms with Crippen molar-refractivity contribution in [3.8, 4) is 0 Å².